The molecule has 1 rings (SSSR count). The molecule has 0 radical (unpaired) electrons. The highest BCUT2D eigenvalue weighted by atomic mass is 16.7. The summed E-state index contributed by atoms with van der Waals surface area (Å²) in [5.74, 6) is 0. The molecule has 0 amide bonds. The molecule has 0 saturated carbocycles. The van der Waals surface area contributed by atoms with Gasteiger partial charge in [0.05, 0.1) is 12.2 Å². The monoisotopic (exact) mass is 130 g/mol. The summed E-state index contributed by atoms with van der Waals surface area (Å²) in [7, 11) is 0. The molecule has 2 heteroatoms. The van der Waals surface area contributed by atoms with Gasteiger partial charge in [0.1, 0.15) is 0 Å². The molecular weight excluding hydrogens is 116 g/mol. The highest BCUT2D eigenvalue weighted by Gasteiger charge is 2.20. The van der Waals surface area contributed by atoms with Crippen LogP contribution in [0.15, 0.2) is 0 Å². The smallest absolute Gasteiger partial charge is 0.155 e. The molecule has 1 heterocycles. The van der Waals surface area contributed by atoms with Crippen LogP contribution < -0.4 is 0 Å². The third kappa shape index (κ3) is 1.95. The van der Waals surface area contributed by atoms with Crippen molar-refractivity contribution in [2.45, 2.75) is 45.7 Å². The fourth-order valence-corrected chi connectivity index (χ4v) is 1.26. The summed E-state index contributed by atoms with van der Waals surface area (Å²) in [5, 5.41) is 0. The van der Waals surface area contributed by atoms with E-state index in [2.05, 4.69) is 13.8 Å². The zero-order valence-electron chi connectivity index (χ0n) is 6.26. The lowest BCUT2D eigenvalue weighted by Gasteiger charge is -2.30. The van der Waals surface area contributed by atoms with Crippen LogP contribution in [0.4, 0.5) is 0 Å². The maximum absolute atomic E-state index is 5.33. The Hall–Kier alpha value is -0.0800. The standard InChI is InChI=1S/C7H14O2/c1-5-4-6(2)9-7(3)8-5/h5-7H,4H2,1-3H3/t5-,6-/m0/s1. The molecule has 0 aliphatic carbocycles. The van der Waals surface area contributed by atoms with Crippen LogP contribution in [0, 0.1) is 0 Å². The van der Waals surface area contributed by atoms with Crippen LogP contribution in [0.5, 0.6) is 0 Å². The van der Waals surface area contributed by atoms with Crippen LogP contribution in [-0.2, 0) is 9.47 Å². The van der Waals surface area contributed by atoms with E-state index in [0.717, 1.165) is 6.42 Å². The minimum absolute atomic E-state index is 0.0104. The first-order valence-corrected chi connectivity index (χ1v) is 3.49. The van der Waals surface area contributed by atoms with Gasteiger partial charge < -0.3 is 9.47 Å². The quantitative estimate of drug-likeness (QED) is 0.495. The van der Waals surface area contributed by atoms with Gasteiger partial charge in [-0.2, -0.15) is 0 Å². The first-order valence-electron chi connectivity index (χ1n) is 3.49. The summed E-state index contributed by atoms with van der Waals surface area (Å²) in [6, 6.07) is 0. The molecule has 1 aliphatic heterocycles. The first-order chi connectivity index (χ1) is 4.18. The van der Waals surface area contributed by atoms with E-state index < -0.39 is 0 Å². The Morgan fingerprint density at radius 2 is 1.44 bits per heavy atom. The van der Waals surface area contributed by atoms with Gasteiger partial charge in [-0.25, -0.2) is 0 Å². The van der Waals surface area contributed by atoms with Crippen molar-refractivity contribution in [2.24, 2.45) is 0 Å². The second kappa shape index (κ2) is 2.67. The van der Waals surface area contributed by atoms with E-state index >= 15 is 0 Å². The Kier molecular flexibility index (Phi) is 2.09. The second-order valence-corrected chi connectivity index (χ2v) is 2.70. The van der Waals surface area contributed by atoms with E-state index in [4.69, 9.17) is 9.47 Å². The van der Waals surface area contributed by atoms with Crippen molar-refractivity contribution < 1.29 is 9.47 Å². The summed E-state index contributed by atoms with van der Waals surface area (Å²) in [6.45, 7) is 6.09. The van der Waals surface area contributed by atoms with Gasteiger partial charge in [0.15, 0.2) is 6.29 Å². The Morgan fingerprint density at radius 1 is 1.00 bits per heavy atom. The summed E-state index contributed by atoms with van der Waals surface area (Å²) in [5.41, 5.74) is 0. The zero-order chi connectivity index (χ0) is 6.85. The molecule has 1 aliphatic rings. The number of ether oxygens (including phenoxy) is 2. The normalized spacial score (nSPS) is 45.0. The molecule has 0 spiro atoms. The fourth-order valence-electron chi connectivity index (χ4n) is 1.26. The molecular formula is C7H14O2. The van der Waals surface area contributed by atoms with E-state index in [0.29, 0.717) is 12.2 Å². The lowest BCUT2D eigenvalue weighted by molar-refractivity contribution is -0.224. The van der Waals surface area contributed by atoms with Gasteiger partial charge in [0, 0.05) is 0 Å². The van der Waals surface area contributed by atoms with Gasteiger partial charge >= 0.3 is 0 Å². The van der Waals surface area contributed by atoms with Crippen molar-refractivity contribution in [1.82, 2.24) is 0 Å². The van der Waals surface area contributed by atoms with E-state index in [1.54, 1.807) is 0 Å². The summed E-state index contributed by atoms with van der Waals surface area (Å²) < 4.78 is 10.7. The van der Waals surface area contributed by atoms with E-state index in [1.165, 1.54) is 0 Å². The first kappa shape index (κ1) is 7.03. The van der Waals surface area contributed by atoms with Crippen LogP contribution in [0.25, 0.3) is 0 Å². The molecule has 0 bridgehead atoms. The molecule has 2 atom stereocenters. The Morgan fingerprint density at radius 3 is 1.78 bits per heavy atom. The molecule has 0 unspecified atom stereocenters. The van der Waals surface area contributed by atoms with Crippen LogP contribution in [0.3, 0.4) is 0 Å². The van der Waals surface area contributed by atoms with E-state index in [9.17, 15) is 0 Å². The number of hydrogen-bond acceptors (Lipinski definition) is 2. The van der Waals surface area contributed by atoms with E-state index in [1.807, 2.05) is 6.92 Å². The molecule has 9 heavy (non-hydrogen) atoms. The summed E-state index contributed by atoms with van der Waals surface area (Å²) >= 11 is 0. The number of hydrogen-bond donors (Lipinski definition) is 0. The van der Waals surface area contributed by atoms with Gasteiger partial charge in [-0.15, -0.1) is 0 Å². The molecule has 54 valence electrons. The van der Waals surface area contributed by atoms with Crippen LogP contribution in [0.1, 0.15) is 27.2 Å². The topological polar surface area (TPSA) is 18.5 Å². The SMILES string of the molecule is CC1O[C@@H](C)C[C@H](C)O1. The maximum Gasteiger partial charge on any atom is 0.155 e. The minimum Gasteiger partial charge on any atom is -0.350 e. The number of rotatable bonds is 0. The van der Waals surface area contributed by atoms with Crippen LogP contribution >= 0.6 is 0 Å². The van der Waals surface area contributed by atoms with Gasteiger partial charge in [-0.3, -0.25) is 0 Å². The van der Waals surface area contributed by atoms with Crippen LogP contribution in [0.2, 0.25) is 0 Å². The predicted molar refractivity (Wildman–Crippen MR) is 35.2 cm³/mol. The van der Waals surface area contributed by atoms with Gasteiger partial charge in [-0.1, -0.05) is 0 Å². The van der Waals surface area contributed by atoms with Crippen LogP contribution in [-0.4, -0.2) is 18.5 Å². The maximum atomic E-state index is 5.33. The molecule has 0 aromatic rings. The molecule has 0 aromatic carbocycles. The third-order valence-electron chi connectivity index (χ3n) is 1.51. The molecule has 0 aromatic heterocycles. The molecule has 0 N–H and O–H groups in total. The lowest BCUT2D eigenvalue weighted by atomic mass is 10.2. The van der Waals surface area contributed by atoms with Crippen molar-refractivity contribution in [3.8, 4) is 0 Å². The summed E-state index contributed by atoms with van der Waals surface area (Å²) in [4.78, 5) is 0. The van der Waals surface area contributed by atoms with Gasteiger partial charge in [0.2, 0.25) is 0 Å². The average molecular weight is 130 g/mol. The van der Waals surface area contributed by atoms with Crippen molar-refractivity contribution in [3.63, 3.8) is 0 Å². The fraction of sp³-hybridized carbons (Fsp3) is 1.00. The summed E-state index contributed by atoms with van der Waals surface area (Å²) in [6.07, 6.45) is 1.74. The Bertz CT molecular complexity index is 67.9. The van der Waals surface area contributed by atoms with Crippen molar-refractivity contribution in [3.05, 3.63) is 0 Å². The third-order valence-corrected chi connectivity index (χ3v) is 1.51. The molecule has 1 saturated heterocycles. The van der Waals surface area contributed by atoms with E-state index in [-0.39, 0.29) is 6.29 Å². The van der Waals surface area contributed by atoms with Crippen molar-refractivity contribution >= 4 is 0 Å². The Labute approximate surface area is 56.2 Å². The van der Waals surface area contributed by atoms with Crippen molar-refractivity contribution in [2.75, 3.05) is 0 Å². The average Bonchev–Trinajstić information content (AvgIpc) is 1.59. The van der Waals surface area contributed by atoms with Crippen molar-refractivity contribution in [1.29, 1.82) is 0 Å². The Balaban J connectivity index is 2.34. The van der Waals surface area contributed by atoms with Gasteiger partial charge in [0.25, 0.3) is 0 Å². The largest absolute Gasteiger partial charge is 0.350 e. The molecule has 2 nitrogen and oxygen atoms in total. The second-order valence-electron chi connectivity index (χ2n) is 2.70. The highest BCUT2D eigenvalue weighted by molar-refractivity contribution is 4.62. The minimum atomic E-state index is -0.0104. The lowest BCUT2D eigenvalue weighted by Crippen LogP contribution is -2.33. The predicted octanol–water partition coefficient (Wildman–Crippen LogP) is 1.55. The van der Waals surface area contributed by atoms with Gasteiger partial charge in [-0.05, 0) is 27.2 Å². The highest BCUT2D eigenvalue weighted by Crippen LogP contribution is 2.16. The molecule has 1 fully saturated rings. The zero-order valence-corrected chi connectivity index (χ0v) is 6.26.